The minimum Gasteiger partial charge on any atom is -0.353 e. The van der Waals surface area contributed by atoms with Crippen molar-refractivity contribution in [1.82, 2.24) is 5.32 Å². The molecule has 1 amide bonds. The van der Waals surface area contributed by atoms with Crippen LogP contribution in [0.1, 0.15) is 15.3 Å². The molecule has 1 N–H and O–H groups in total. The lowest BCUT2D eigenvalue weighted by molar-refractivity contribution is -0.116. The lowest BCUT2D eigenvalue weighted by atomic mass is 10.5. The van der Waals surface area contributed by atoms with E-state index in [1.165, 1.54) is 6.92 Å². The van der Waals surface area contributed by atoms with E-state index >= 15 is 0 Å². The van der Waals surface area contributed by atoms with Gasteiger partial charge in [-0.15, -0.1) is 0 Å². The van der Waals surface area contributed by atoms with Gasteiger partial charge in [-0.3, -0.25) is 4.79 Å². The van der Waals surface area contributed by atoms with Crippen molar-refractivity contribution in [2.75, 3.05) is 6.54 Å². The van der Waals surface area contributed by atoms with Crippen LogP contribution in [0.3, 0.4) is 0 Å². The number of likely N-dealkylation sites (N-methyl/N-ethyl adjacent to an activating group) is 1. The van der Waals surface area contributed by atoms with Crippen molar-refractivity contribution in [1.29, 1.82) is 0 Å². The van der Waals surface area contributed by atoms with Crippen LogP contribution in [0, 0.1) is 0 Å². The molecule has 0 spiro atoms. The van der Waals surface area contributed by atoms with Crippen molar-refractivity contribution in [3.63, 3.8) is 0 Å². The molecule has 0 heterocycles. The quantitative estimate of drug-likeness (QED) is 0.564. The Kier molecular flexibility index (Phi) is 3.67. The molecule has 2 nitrogen and oxygen atoms in total. The highest BCUT2D eigenvalue weighted by Gasteiger charge is 1.92. The summed E-state index contributed by atoms with van der Waals surface area (Å²) in [5.74, 6) is -0.849. The van der Waals surface area contributed by atoms with Gasteiger partial charge in [-0.2, -0.15) is 0 Å². The molecule has 9 heavy (non-hydrogen) atoms. The second-order valence-electron chi connectivity index (χ2n) is 1.63. The summed E-state index contributed by atoms with van der Waals surface area (Å²) < 4.78 is 11.9. The van der Waals surface area contributed by atoms with E-state index in [-0.39, 0.29) is 7.33 Å². The molecule has 0 radical (unpaired) electrons. The molecule has 0 aliphatic carbocycles. The first kappa shape index (κ1) is 8.14. The van der Waals surface area contributed by atoms with Gasteiger partial charge in [0.1, 0.15) is 5.83 Å². The Morgan fingerprint density at radius 1 is 1.89 bits per heavy atom. The summed E-state index contributed by atoms with van der Waals surface area (Å²) in [5.41, 5.74) is 0. The number of halogens is 1. The zero-order valence-electron chi connectivity index (χ0n) is 5.57. The lowest BCUT2D eigenvalue weighted by Gasteiger charge is -1.92. The van der Waals surface area contributed by atoms with Crippen molar-refractivity contribution in [2.24, 2.45) is 0 Å². The van der Waals surface area contributed by atoms with E-state index in [0.717, 1.165) is 6.08 Å². The monoisotopic (exact) mass is 133 g/mol. The fourth-order valence-electron chi connectivity index (χ4n) is 0.406. The van der Waals surface area contributed by atoms with Gasteiger partial charge >= 0.3 is 0 Å². The number of nitrogens with one attached hydrogen (secondary N) is 1. The van der Waals surface area contributed by atoms with Crippen molar-refractivity contribution < 1.29 is 10.6 Å². The zero-order chi connectivity index (χ0) is 7.28. The highest BCUT2D eigenvalue weighted by molar-refractivity contribution is 5.87. The predicted octanol–water partition coefficient (Wildman–Crippen LogP) is 1.24. The number of hydrogen-bond donors (Lipinski definition) is 1. The van der Waals surface area contributed by atoms with E-state index < -0.39 is 5.83 Å². The highest BCUT2D eigenvalue weighted by atomic mass is 19.1. The van der Waals surface area contributed by atoms with Crippen LogP contribution in [-0.2, 0) is 4.79 Å². The Labute approximate surface area is 55.2 Å². The molecular weight excluding hydrogens is 121 g/mol. The van der Waals surface area contributed by atoms with Crippen LogP contribution < -0.4 is 5.32 Å². The third kappa shape index (κ3) is 5.00. The van der Waals surface area contributed by atoms with Crippen LogP contribution in [0.5, 0.6) is 0 Å². The number of carbonyl (C=O) groups is 1. The molecule has 0 fully saturated rings. The summed E-state index contributed by atoms with van der Waals surface area (Å²) in [4.78, 5) is 10.4. The Morgan fingerprint density at radius 3 is 2.78 bits per heavy atom. The maximum Gasteiger partial charge on any atom is 0.246 e. The fraction of sp³-hybridized carbons (Fsp3) is 0.500. The van der Waals surface area contributed by atoms with E-state index in [2.05, 4.69) is 5.32 Å². The first-order valence-electron chi connectivity index (χ1n) is 2.78. The summed E-state index contributed by atoms with van der Waals surface area (Å²) in [6.45, 7) is 3.54. The topological polar surface area (TPSA) is 29.1 Å². The fourth-order valence-corrected chi connectivity index (χ4v) is 0.406. The number of hydrogen-bond acceptors (Lipinski definition) is 1. The molecule has 0 aromatic carbocycles. The molecule has 3 heteroatoms. The summed E-state index contributed by atoms with van der Waals surface area (Å²) in [5, 5.41) is 2.42. The molecule has 0 aliphatic rings. The van der Waals surface area contributed by atoms with Crippen molar-refractivity contribution in [3.8, 4) is 0 Å². The molecule has 0 aromatic rings. The zero-order valence-corrected chi connectivity index (χ0v) is 5.57. The molecule has 0 aromatic heterocycles. The summed E-state index contributed by atoms with van der Waals surface area (Å²) in [6, 6.07) is 0. The molecular formula is C6H12FNO. The number of rotatable bonds is 2. The van der Waals surface area contributed by atoms with Gasteiger partial charge in [-0.05, 0) is 13.8 Å². The second-order valence-corrected chi connectivity index (χ2v) is 1.63. The van der Waals surface area contributed by atoms with E-state index in [0.29, 0.717) is 6.54 Å². The normalized spacial score (nSPS) is 11.2. The van der Waals surface area contributed by atoms with Crippen LogP contribution in [0.2, 0.25) is 0 Å². The Bertz CT molecular complexity index is 132. The Hall–Kier alpha value is -0.860. The average molecular weight is 133 g/mol. The number of carbonyl (C=O) groups excluding carboxylic acids is 1. The summed E-state index contributed by atoms with van der Waals surface area (Å²) >= 11 is 0. The number of amides is 1. The van der Waals surface area contributed by atoms with E-state index in [9.17, 15) is 9.18 Å². The predicted molar refractivity (Wildman–Crippen MR) is 35.7 cm³/mol. The van der Waals surface area contributed by atoms with Gasteiger partial charge in [-0.1, -0.05) is 0 Å². The SMILES string of the molecule is CCNC(=O)/C=C(\C)F.[HH]. The highest BCUT2D eigenvalue weighted by Crippen LogP contribution is 1.90. The molecule has 54 valence electrons. The third-order valence-corrected chi connectivity index (χ3v) is 0.681. The minimum atomic E-state index is -0.471. The second kappa shape index (κ2) is 4.06. The van der Waals surface area contributed by atoms with E-state index in [1.54, 1.807) is 6.92 Å². The Morgan fingerprint density at radius 2 is 2.44 bits per heavy atom. The summed E-state index contributed by atoms with van der Waals surface area (Å²) in [7, 11) is 0. The smallest absolute Gasteiger partial charge is 0.246 e. The van der Waals surface area contributed by atoms with Crippen LogP contribution in [-0.4, -0.2) is 12.5 Å². The van der Waals surface area contributed by atoms with Gasteiger partial charge in [0.05, 0.1) is 0 Å². The van der Waals surface area contributed by atoms with Crippen LogP contribution in [0.15, 0.2) is 11.9 Å². The molecule has 0 bridgehead atoms. The van der Waals surface area contributed by atoms with Gasteiger partial charge in [0.2, 0.25) is 5.91 Å². The van der Waals surface area contributed by atoms with Gasteiger partial charge in [0.25, 0.3) is 0 Å². The molecule has 0 atom stereocenters. The van der Waals surface area contributed by atoms with Crippen LogP contribution in [0.4, 0.5) is 4.39 Å². The Balaban J connectivity index is 0. The maximum absolute atomic E-state index is 11.9. The maximum atomic E-state index is 11.9. The van der Waals surface area contributed by atoms with Crippen molar-refractivity contribution >= 4 is 5.91 Å². The molecule has 0 aliphatic heterocycles. The molecule has 0 saturated carbocycles. The summed E-state index contributed by atoms with van der Waals surface area (Å²) in [6.07, 6.45) is 0.920. The van der Waals surface area contributed by atoms with Crippen molar-refractivity contribution in [2.45, 2.75) is 13.8 Å². The van der Waals surface area contributed by atoms with Crippen LogP contribution in [0.25, 0.3) is 0 Å². The largest absolute Gasteiger partial charge is 0.353 e. The molecule has 0 rings (SSSR count). The standard InChI is InChI=1S/C6H10FNO.H2/c1-3-8-6(9)4-5(2)7;/h4H,3H2,1-2H3,(H,8,9);1H/b5-4+;. The molecule has 0 saturated heterocycles. The number of allylic oxidation sites excluding steroid dienone is 1. The minimum absolute atomic E-state index is 0. The molecule has 0 unspecified atom stereocenters. The average Bonchev–Trinajstić information content (AvgIpc) is 1.63. The van der Waals surface area contributed by atoms with Gasteiger partial charge in [0, 0.05) is 14.0 Å². The third-order valence-electron chi connectivity index (χ3n) is 0.681. The first-order valence-corrected chi connectivity index (χ1v) is 2.78. The van der Waals surface area contributed by atoms with Crippen LogP contribution >= 0.6 is 0 Å². The lowest BCUT2D eigenvalue weighted by Crippen LogP contribution is -2.20. The van der Waals surface area contributed by atoms with E-state index in [4.69, 9.17) is 0 Å². The van der Waals surface area contributed by atoms with Gasteiger partial charge in [-0.25, -0.2) is 4.39 Å². The van der Waals surface area contributed by atoms with Gasteiger partial charge in [0.15, 0.2) is 0 Å². The first-order chi connectivity index (χ1) is 4.16. The van der Waals surface area contributed by atoms with Crippen molar-refractivity contribution in [3.05, 3.63) is 11.9 Å². The van der Waals surface area contributed by atoms with Gasteiger partial charge < -0.3 is 5.32 Å². The van der Waals surface area contributed by atoms with E-state index in [1.807, 2.05) is 0 Å².